The number of hydrogen-bond donors (Lipinski definition) is 3. The van der Waals surface area contributed by atoms with Gasteiger partial charge in [-0.15, -0.1) is 0 Å². The highest BCUT2D eigenvalue weighted by molar-refractivity contribution is 5.93. The number of Topliss-reactive ketones (excluding diaryl/α,β-unsaturated/α-hetero) is 1. The second kappa shape index (κ2) is 7.12. The number of piperidine rings is 1. The van der Waals surface area contributed by atoms with Crippen LogP contribution in [0.1, 0.15) is 44.1 Å². The molecule has 0 aromatic heterocycles. The van der Waals surface area contributed by atoms with E-state index < -0.39 is 5.60 Å². The maximum Gasteiger partial charge on any atom is 0.185 e. The van der Waals surface area contributed by atoms with Crippen LogP contribution in [0, 0.1) is 11.8 Å². The molecule has 1 aromatic rings. The van der Waals surface area contributed by atoms with E-state index in [-0.39, 0.29) is 17.7 Å². The largest absolute Gasteiger partial charge is 0.377 e. The van der Waals surface area contributed by atoms with Gasteiger partial charge in [0.15, 0.2) is 11.4 Å². The molecule has 0 amide bonds. The Kier molecular flexibility index (Phi) is 5.14. The highest BCUT2D eigenvalue weighted by Gasteiger charge is 2.49. The number of nitrogens with one attached hydrogen (secondary N) is 1. The number of carbonyl (C=O) groups is 1. The summed E-state index contributed by atoms with van der Waals surface area (Å²) >= 11 is 0. The van der Waals surface area contributed by atoms with E-state index in [1.54, 1.807) is 0 Å². The molecule has 1 aliphatic carbocycles. The van der Waals surface area contributed by atoms with Crippen molar-refractivity contribution in [3.8, 4) is 0 Å². The van der Waals surface area contributed by atoms with Crippen LogP contribution in [0.4, 0.5) is 0 Å². The third-order valence-electron chi connectivity index (χ3n) is 5.70. The van der Waals surface area contributed by atoms with Gasteiger partial charge in [0.2, 0.25) is 0 Å². The van der Waals surface area contributed by atoms with Gasteiger partial charge < -0.3 is 16.2 Å². The first-order valence-electron chi connectivity index (χ1n) is 8.92. The molecule has 3 rings (SSSR count). The minimum Gasteiger partial charge on any atom is -0.377 e. The van der Waals surface area contributed by atoms with Crippen molar-refractivity contribution in [1.29, 1.82) is 0 Å². The summed E-state index contributed by atoms with van der Waals surface area (Å²) in [7, 11) is 0. The van der Waals surface area contributed by atoms with Crippen LogP contribution in [0.15, 0.2) is 30.3 Å². The Balaban J connectivity index is 1.90. The second-order valence-electron chi connectivity index (χ2n) is 7.11. The van der Waals surface area contributed by atoms with Crippen LogP contribution in [-0.2, 0) is 10.4 Å². The van der Waals surface area contributed by atoms with Crippen LogP contribution in [0.3, 0.4) is 0 Å². The molecular formula is C19H28N2O2. The molecule has 4 heteroatoms. The third-order valence-corrected chi connectivity index (χ3v) is 5.70. The molecule has 3 atom stereocenters. The number of aliphatic hydroxyl groups is 1. The standard InChI is InChI=1S/C19H28N2O2/c20-13-14-10-11-21-17(12-14)18(22)19(23,16-8-4-5-9-16)15-6-2-1-3-7-15/h1-3,6-7,14,16-17,21,23H,4-5,8-13,20H2. The fraction of sp³-hybridized carbons (Fsp3) is 0.632. The number of nitrogens with two attached hydrogens (primary N) is 1. The molecule has 1 saturated heterocycles. The van der Waals surface area contributed by atoms with Gasteiger partial charge in [-0.05, 0) is 56.2 Å². The molecule has 1 aliphatic heterocycles. The van der Waals surface area contributed by atoms with Crippen molar-refractivity contribution < 1.29 is 9.90 Å². The highest BCUT2D eigenvalue weighted by Crippen LogP contribution is 2.42. The molecule has 0 bridgehead atoms. The summed E-state index contributed by atoms with van der Waals surface area (Å²) in [6.45, 7) is 1.41. The van der Waals surface area contributed by atoms with Gasteiger partial charge in [0.05, 0.1) is 6.04 Å². The zero-order chi connectivity index (χ0) is 16.3. The van der Waals surface area contributed by atoms with Crippen LogP contribution < -0.4 is 11.1 Å². The predicted octanol–water partition coefficient (Wildman–Crippen LogP) is 1.96. The van der Waals surface area contributed by atoms with Crippen LogP contribution in [0.5, 0.6) is 0 Å². The quantitative estimate of drug-likeness (QED) is 0.776. The molecule has 2 fully saturated rings. The zero-order valence-electron chi connectivity index (χ0n) is 13.7. The third kappa shape index (κ3) is 3.21. The molecule has 0 radical (unpaired) electrons. The van der Waals surface area contributed by atoms with Crippen molar-refractivity contribution in [3.05, 3.63) is 35.9 Å². The van der Waals surface area contributed by atoms with Gasteiger partial charge in [-0.2, -0.15) is 0 Å². The maximum absolute atomic E-state index is 13.3. The minimum atomic E-state index is -1.37. The van der Waals surface area contributed by atoms with E-state index in [9.17, 15) is 9.90 Å². The Morgan fingerprint density at radius 2 is 1.91 bits per heavy atom. The number of ketones is 1. The smallest absolute Gasteiger partial charge is 0.185 e. The number of benzene rings is 1. The molecule has 0 spiro atoms. The first-order chi connectivity index (χ1) is 11.2. The fourth-order valence-electron chi connectivity index (χ4n) is 4.29. The molecular weight excluding hydrogens is 288 g/mol. The topological polar surface area (TPSA) is 75.3 Å². The summed E-state index contributed by atoms with van der Waals surface area (Å²) in [6.07, 6.45) is 5.77. The van der Waals surface area contributed by atoms with Crippen LogP contribution in [0.25, 0.3) is 0 Å². The van der Waals surface area contributed by atoms with Crippen LogP contribution in [-0.4, -0.2) is 30.0 Å². The van der Waals surface area contributed by atoms with Crippen molar-refractivity contribution in [3.63, 3.8) is 0 Å². The lowest BCUT2D eigenvalue weighted by Gasteiger charge is -2.38. The Labute approximate surface area is 138 Å². The number of rotatable bonds is 5. The fourth-order valence-corrected chi connectivity index (χ4v) is 4.29. The van der Waals surface area contributed by atoms with Crippen molar-refractivity contribution in [1.82, 2.24) is 5.32 Å². The average Bonchev–Trinajstić information content (AvgIpc) is 3.16. The van der Waals surface area contributed by atoms with Crippen molar-refractivity contribution in [2.75, 3.05) is 13.1 Å². The van der Waals surface area contributed by atoms with E-state index in [1.165, 1.54) is 0 Å². The summed E-state index contributed by atoms with van der Waals surface area (Å²) in [5.41, 5.74) is 5.18. The van der Waals surface area contributed by atoms with Gasteiger partial charge in [-0.1, -0.05) is 43.2 Å². The van der Waals surface area contributed by atoms with Gasteiger partial charge in [-0.3, -0.25) is 4.79 Å². The summed E-state index contributed by atoms with van der Waals surface area (Å²) in [6, 6.07) is 9.22. The minimum absolute atomic E-state index is 0.0254. The van der Waals surface area contributed by atoms with Crippen LogP contribution in [0.2, 0.25) is 0 Å². The van der Waals surface area contributed by atoms with Crippen molar-refractivity contribution >= 4 is 5.78 Å². The van der Waals surface area contributed by atoms with Gasteiger partial charge in [0.1, 0.15) is 0 Å². The molecule has 3 unspecified atom stereocenters. The van der Waals surface area contributed by atoms with Crippen LogP contribution >= 0.6 is 0 Å². The summed E-state index contributed by atoms with van der Waals surface area (Å²) in [4.78, 5) is 13.3. The second-order valence-corrected chi connectivity index (χ2v) is 7.11. The number of hydrogen-bond acceptors (Lipinski definition) is 4. The summed E-state index contributed by atoms with van der Waals surface area (Å²) in [5.74, 6) is 0.333. The van der Waals surface area contributed by atoms with E-state index in [0.717, 1.165) is 50.6 Å². The van der Waals surface area contributed by atoms with E-state index in [4.69, 9.17) is 5.73 Å². The van der Waals surface area contributed by atoms with E-state index in [0.29, 0.717) is 12.5 Å². The molecule has 126 valence electrons. The van der Waals surface area contributed by atoms with Gasteiger partial charge >= 0.3 is 0 Å². The molecule has 23 heavy (non-hydrogen) atoms. The molecule has 1 aromatic carbocycles. The van der Waals surface area contributed by atoms with Crippen molar-refractivity contribution in [2.45, 2.75) is 50.2 Å². The maximum atomic E-state index is 13.3. The molecule has 1 heterocycles. The van der Waals surface area contributed by atoms with Crippen molar-refractivity contribution in [2.24, 2.45) is 17.6 Å². The Morgan fingerprint density at radius 3 is 2.57 bits per heavy atom. The predicted molar refractivity (Wildman–Crippen MR) is 90.9 cm³/mol. The van der Waals surface area contributed by atoms with Gasteiger partial charge in [-0.25, -0.2) is 0 Å². The normalized spacial score (nSPS) is 28.4. The Bertz CT molecular complexity index is 527. The number of carbonyl (C=O) groups excluding carboxylic acids is 1. The Hall–Kier alpha value is -1.23. The van der Waals surface area contributed by atoms with Gasteiger partial charge in [0, 0.05) is 0 Å². The molecule has 2 aliphatic rings. The first-order valence-corrected chi connectivity index (χ1v) is 8.92. The monoisotopic (exact) mass is 316 g/mol. The zero-order valence-corrected chi connectivity index (χ0v) is 13.7. The molecule has 1 saturated carbocycles. The lowest BCUT2D eigenvalue weighted by atomic mass is 9.73. The molecule has 4 nitrogen and oxygen atoms in total. The van der Waals surface area contributed by atoms with E-state index in [2.05, 4.69) is 5.32 Å². The lowest BCUT2D eigenvalue weighted by molar-refractivity contribution is -0.148. The van der Waals surface area contributed by atoms with E-state index in [1.807, 2.05) is 30.3 Å². The molecule has 4 N–H and O–H groups in total. The Morgan fingerprint density at radius 1 is 1.22 bits per heavy atom. The summed E-state index contributed by atoms with van der Waals surface area (Å²) in [5, 5.41) is 14.9. The lowest BCUT2D eigenvalue weighted by Crippen LogP contribution is -2.55. The average molecular weight is 316 g/mol. The first kappa shape index (κ1) is 16.6. The van der Waals surface area contributed by atoms with E-state index >= 15 is 0 Å². The summed E-state index contributed by atoms with van der Waals surface area (Å²) < 4.78 is 0. The van der Waals surface area contributed by atoms with Gasteiger partial charge in [0.25, 0.3) is 0 Å². The highest BCUT2D eigenvalue weighted by atomic mass is 16.3. The SMILES string of the molecule is NCC1CCNC(C(=O)C(O)(c2ccccc2)C2CCCC2)C1.